The van der Waals surface area contributed by atoms with Crippen LogP contribution < -0.4 is 5.43 Å². The van der Waals surface area contributed by atoms with Gasteiger partial charge >= 0.3 is 6.09 Å². The van der Waals surface area contributed by atoms with Crippen molar-refractivity contribution in [3.05, 3.63) is 35.9 Å². The molecule has 1 atom stereocenters. The van der Waals surface area contributed by atoms with Gasteiger partial charge in [-0.1, -0.05) is 30.3 Å². The molecule has 1 aromatic carbocycles. The quantitative estimate of drug-likeness (QED) is 0.843. The third kappa shape index (κ3) is 6.69. The topological polar surface area (TPSA) is 61.9 Å². The van der Waals surface area contributed by atoms with Crippen molar-refractivity contribution in [3.63, 3.8) is 0 Å². The Hall–Kier alpha value is -2.08. The van der Waals surface area contributed by atoms with E-state index in [4.69, 9.17) is 4.74 Å². The monoisotopic (exact) mass is 321 g/mol. The second-order valence-corrected chi connectivity index (χ2v) is 6.67. The second-order valence-electron chi connectivity index (χ2n) is 6.67. The molecule has 1 unspecified atom stereocenters. The van der Waals surface area contributed by atoms with Gasteiger partial charge in [0.25, 0.3) is 5.91 Å². The molecule has 1 N–H and O–H groups in total. The average Bonchev–Trinajstić information content (AvgIpc) is 2.42. The molecule has 6 heteroatoms. The number of hydrogen-bond acceptors (Lipinski definition) is 4. The van der Waals surface area contributed by atoms with Crippen molar-refractivity contribution in [1.82, 2.24) is 15.3 Å². The fourth-order valence-corrected chi connectivity index (χ4v) is 2.00. The number of hydrogen-bond donors (Lipinski definition) is 1. The number of rotatable bonds is 5. The summed E-state index contributed by atoms with van der Waals surface area (Å²) in [4.78, 5) is 26.1. The summed E-state index contributed by atoms with van der Waals surface area (Å²) in [5.41, 5.74) is 3.07. The lowest BCUT2D eigenvalue weighted by Crippen LogP contribution is -2.52. The first-order chi connectivity index (χ1) is 10.6. The first kappa shape index (κ1) is 19.0. The molecule has 0 heterocycles. The minimum absolute atomic E-state index is 0.257. The number of carbonyl (C=O) groups is 2. The van der Waals surface area contributed by atoms with E-state index >= 15 is 0 Å². The van der Waals surface area contributed by atoms with E-state index < -0.39 is 17.7 Å². The summed E-state index contributed by atoms with van der Waals surface area (Å²) in [5.74, 6) is -0.257. The average molecular weight is 321 g/mol. The number of ether oxygens (including phenoxy) is 1. The Kier molecular flexibility index (Phi) is 6.57. The van der Waals surface area contributed by atoms with Crippen molar-refractivity contribution in [3.8, 4) is 0 Å². The van der Waals surface area contributed by atoms with Gasteiger partial charge in [-0.05, 0) is 26.3 Å². The lowest BCUT2D eigenvalue weighted by molar-refractivity contribution is -0.129. The van der Waals surface area contributed by atoms with E-state index in [0.717, 1.165) is 5.56 Å². The standard InChI is InChI=1S/C17H27N3O3/c1-17(2,3)23-16(22)20(6)14(15(21)18-19(4)5)12-13-10-8-7-9-11-13/h7-11,14H,12H2,1-6H3,(H,18,21). The van der Waals surface area contributed by atoms with Crippen LogP contribution in [0.4, 0.5) is 4.79 Å². The first-order valence-corrected chi connectivity index (χ1v) is 7.57. The lowest BCUT2D eigenvalue weighted by atomic mass is 10.0. The van der Waals surface area contributed by atoms with Crippen LogP contribution in [0.25, 0.3) is 0 Å². The zero-order valence-corrected chi connectivity index (χ0v) is 14.8. The molecule has 0 aliphatic carbocycles. The molecule has 0 aliphatic heterocycles. The van der Waals surface area contributed by atoms with E-state index in [1.54, 1.807) is 46.9 Å². The minimum atomic E-state index is -0.658. The summed E-state index contributed by atoms with van der Waals surface area (Å²) in [7, 11) is 5.03. The van der Waals surface area contributed by atoms with Gasteiger partial charge in [-0.25, -0.2) is 9.80 Å². The molecule has 1 rings (SSSR count). The lowest BCUT2D eigenvalue weighted by Gasteiger charge is -2.30. The molecule has 1 aromatic rings. The van der Waals surface area contributed by atoms with Gasteiger partial charge in [0, 0.05) is 27.6 Å². The summed E-state index contributed by atoms with van der Waals surface area (Å²) in [5, 5.41) is 1.56. The van der Waals surface area contributed by atoms with Gasteiger partial charge in [-0.3, -0.25) is 15.1 Å². The van der Waals surface area contributed by atoms with Crippen LogP contribution in [0.2, 0.25) is 0 Å². The largest absolute Gasteiger partial charge is 0.444 e. The Morgan fingerprint density at radius 3 is 2.17 bits per heavy atom. The Labute approximate surface area is 138 Å². The Morgan fingerprint density at radius 2 is 1.70 bits per heavy atom. The highest BCUT2D eigenvalue weighted by atomic mass is 16.6. The van der Waals surface area contributed by atoms with Gasteiger partial charge < -0.3 is 4.74 Å². The third-order valence-corrected chi connectivity index (χ3v) is 3.06. The van der Waals surface area contributed by atoms with E-state index in [1.165, 1.54) is 4.90 Å². The van der Waals surface area contributed by atoms with Crippen molar-refractivity contribution >= 4 is 12.0 Å². The van der Waals surface area contributed by atoms with Gasteiger partial charge in [0.15, 0.2) is 0 Å². The van der Waals surface area contributed by atoms with Crippen LogP contribution in [0.5, 0.6) is 0 Å². The van der Waals surface area contributed by atoms with Crippen LogP contribution in [-0.4, -0.2) is 54.7 Å². The maximum absolute atomic E-state index is 12.5. The predicted octanol–water partition coefficient (Wildman–Crippen LogP) is 2.06. The maximum atomic E-state index is 12.5. The van der Waals surface area contributed by atoms with Crippen LogP contribution in [0.15, 0.2) is 30.3 Å². The van der Waals surface area contributed by atoms with Crippen molar-refractivity contribution in [2.45, 2.75) is 38.8 Å². The molecule has 0 bridgehead atoms. The maximum Gasteiger partial charge on any atom is 0.410 e. The molecular weight excluding hydrogens is 294 g/mol. The van der Waals surface area contributed by atoms with Crippen molar-refractivity contribution in [2.75, 3.05) is 21.1 Å². The number of nitrogens with zero attached hydrogens (tertiary/aromatic N) is 2. The van der Waals surface area contributed by atoms with E-state index in [9.17, 15) is 9.59 Å². The molecule has 0 aromatic heterocycles. The fraction of sp³-hybridized carbons (Fsp3) is 0.529. The molecule has 0 aliphatic rings. The summed E-state index contributed by atoms with van der Waals surface area (Å²) < 4.78 is 5.37. The second kappa shape index (κ2) is 7.97. The Balaban J connectivity index is 2.93. The SMILES string of the molecule is CN(C)NC(=O)C(Cc1ccccc1)N(C)C(=O)OC(C)(C)C. The van der Waals surface area contributed by atoms with Crippen LogP contribution in [0, 0.1) is 0 Å². The first-order valence-electron chi connectivity index (χ1n) is 7.57. The van der Waals surface area contributed by atoms with Crippen molar-refractivity contribution in [1.29, 1.82) is 0 Å². The summed E-state index contributed by atoms with van der Waals surface area (Å²) in [6.45, 7) is 5.39. The number of carbonyl (C=O) groups excluding carboxylic acids is 2. The van der Waals surface area contributed by atoms with Crippen molar-refractivity contribution in [2.24, 2.45) is 0 Å². The highest BCUT2D eigenvalue weighted by Gasteiger charge is 2.30. The van der Waals surface area contributed by atoms with Crippen LogP contribution in [-0.2, 0) is 16.0 Å². The minimum Gasteiger partial charge on any atom is -0.444 e. The number of amides is 2. The van der Waals surface area contributed by atoms with E-state index in [1.807, 2.05) is 30.3 Å². The fourth-order valence-electron chi connectivity index (χ4n) is 2.00. The molecule has 0 saturated carbocycles. The molecule has 128 valence electrons. The zero-order chi connectivity index (χ0) is 17.6. The van der Waals surface area contributed by atoms with Crippen molar-refractivity contribution < 1.29 is 14.3 Å². The van der Waals surface area contributed by atoms with Crippen LogP contribution in [0.1, 0.15) is 26.3 Å². The van der Waals surface area contributed by atoms with Gasteiger partial charge in [0.1, 0.15) is 11.6 Å². The summed E-state index contributed by atoms with van der Waals surface area (Å²) >= 11 is 0. The summed E-state index contributed by atoms with van der Waals surface area (Å²) in [6.07, 6.45) is -0.108. The number of hydrazine groups is 1. The molecule has 0 fully saturated rings. The number of likely N-dealkylation sites (N-methyl/N-ethyl adjacent to an activating group) is 1. The van der Waals surface area contributed by atoms with Crippen LogP contribution >= 0.6 is 0 Å². The van der Waals surface area contributed by atoms with Crippen LogP contribution in [0.3, 0.4) is 0 Å². The molecule has 0 radical (unpaired) electrons. The molecule has 23 heavy (non-hydrogen) atoms. The van der Waals surface area contributed by atoms with Gasteiger partial charge in [-0.15, -0.1) is 0 Å². The van der Waals surface area contributed by atoms with Gasteiger partial charge in [0.05, 0.1) is 0 Å². The van der Waals surface area contributed by atoms with Gasteiger partial charge in [-0.2, -0.15) is 0 Å². The summed E-state index contributed by atoms with van der Waals surface area (Å²) in [6, 6.07) is 8.93. The Morgan fingerprint density at radius 1 is 1.13 bits per heavy atom. The number of nitrogens with one attached hydrogen (secondary N) is 1. The smallest absolute Gasteiger partial charge is 0.410 e. The van der Waals surface area contributed by atoms with E-state index in [0.29, 0.717) is 6.42 Å². The number of benzene rings is 1. The predicted molar refractivity (Wildman–Crippen MR) is 89.8 cm³/mol. The van der Waals surface area contributed by atoms with E-state index in [-0.39, 0.29) is 5.91 Å². The highest BCUT2D eigenvalue weighted by molar-refractivity contribution is 5.85. The normalized spacial score (nSPS) is 12.7. The zero-order valence-electron chi connectivity index (χ0n) is 14.8. The highest BCUT2D eigenvalue weighted by Crippen LogP contribution is 2.14. The molecular formula is C17H27N3O3. The Bertz CT molecular complexity index is 524. The molecule has 0 spiro atoms. The molecule has 6 nitrogen and oxygen atoms in total. The van der Waals surface area contributed by atoms with Gasteiger partial charge in [0.2, 0.25) is 0 Å². The molecule has 2 amide bonds. The molecule has 0 saturated heterocycles. The van der Waals surface area contributed by atoms with E-state index in [2.05, 4.69) is 5.43 Å². The third-order valence-electron chi connectivity index (χ3n) is 3.06.